The Hall–Kier alpha value is -4.02. The van der Waals surface area contributed by atoms with Gasteiger partial charge in [-0.1, -0.05) is 18.2 Å². The first-order valence-corrected chi connectivity index (χ1v) is 9.66. The number of amides is 2. The molecule has 4 rings (SSSR count). The van der Waals surface area contributed by atoms with Crippen LogP contribution in [0.5, 0.6) is 5.75 Å². The number of imide groups is 1. The van der Waals surface area contributed by atoms with Gasteiger partial charge in [0.05, 0.1) is 28.2 Å². The first-order valence-electron chi connectivity index (χ1n) is 9.66. The Morgan fingerprint density at radius 3 is 2.50 bits per heavy atom. The highest BCUT2D eigenvalue weighted by molar-refractivity contribution is 6.50. The topological polar surface area (TPSA) is 144 Å². The lowest BCUT2D eigenvalue weighted by atomic mass is 9.94. The molecule has 0 saturated carbocycles. The maximum atomic E-state index is 12.8. The molecule has 1 aliphatic heterocycles. The summed E-state index contributed by atoms with van der Waals surface area (Å²) in [4.78, 5) is 36.6. The van der Waals surface area contributed by atoms with Crippen molar-refractivity contribution in [1.82, 2.24) is 9.88 Å². The van der Waals surface area contributed by atoms with Crippen molar-refractivity contribution in [1.29, 1.82) is 0 Å². The summed E-state index contributed by atoms with van der Waals surface area (Å²) >= 11 is 0. The molecule has 32 heavy (non-hydrogen) atoms. The zero-order chi connectivity index (χ0) is 23.0. The van der Waals surface area contributed by atoms with Crippen LogP contribution in [0.3, 0.4) is 0 Å². The number of nitro groups is 1. The number of aryl methyl sites for hydroxylation is 1. The van der Waals surface area contributed by atoms with Crippen LogP contribution in [0.15, 0.2) is 48.7 Å². The average Bonchev–Trinajstić information content (AvgIpc) is 3.26. The van der Waals surface area contributed by atoms with Crippen LogP contribution in [0.25, 0.3) is 22.0 Å². The number of hydrogen-bond acceptors (Lipinski definition) is 7. The molecule has 1 aromatic heterocycles. The number of carbonyl (C=O) groups excluding carboxylic acids is 2. The minimum atomic E-state index is -1.14. The van der Waals surface area contributed by atoms with Crippen molar-refractivity contribution in [3.8, 4) is 5.75 Å². The molecule has 0 radical (unpaired) electrons. The monoisotopic (exact) mass is 437 g/mol. The molecule has 0 saturated heterocycles. The third kappa shape index (κ3) is 3.61. The molecule has 1 aliphatic rings. The second-order valence-corrected chi connectivity index (χ2v) is 7.29. The second-order valence-electron chi connectivity index (χ2n) is 7.29. The predicted octanol–water partition coefficient (Wildman–Crippen LogP) is 1.39. The Morgan fingerprint density at radius 1 is 1.12 bits per heavy atom. The summed E-state index contributed by atoms with van der Waals surface area (Å²) in [5.41, 5.74) is 0.729. The van der Waals surface area contributed by atoms with E-state index in [1.165, 1.54) is 18.2 Å². The fraction of sp³-hybridized carbons (Fsp3) is 0.182. The minimum absolute atomic E-state index is 0.0300. The third-order valence-corrected chi connectivity index (χ3v) is 5.18. The molecule has 10 heteroatoms. The predicted molar refractivity (Wildman–Crippen MR) is 115 cm³/mol. The average molecular weight is 437 g/mol. The van der Waals surface area contributed by atoms with Gasteiger partial charge in [0.15, 0.2) is 0 Å². The number of ether oxygens (including phenoxy) is 1. The van der Waals surface area contributed by atoms with Crippen LogP contribution in [0.4, 0.5) is 5.69 Å². The molecule has 10 nitrogen and oxygen atoms in total. The Morgan fingerprint density at radius 2 is 1.81 bits per heavy atom. The lowest BCUT2D eigenvalue weighted by molar-refractivity contribution is -0.385. The van der Waals surface area contributed by atoms with Crippen molar-refractivity contribution >= 4 is 39.6 Å². The SMILES string of the molecule is Cn1cc(C2=C(c3cc(OC[C@H](O)CO)ccc3[N+](=O)[O-])C(=O)NC2=O)c2ccccc21. The van der Waals surface area contributed by atoms with Gasteiger partial charge in [-0.15, -0.1) is 0 Å². The number of carbonyl (C=O) groups is 2. The second kappa shape index (κ2) is 8.25. The molecule has 3 N–H and O–H groups in total. The summed E-state index contributed by atoms with van der Waals surface area (Å²) in [6, 6.07) is 11.1. The Kier molecular flexibility index (Phi) is 5.47. The molecule has 2 heterocycles. The lowest BCUT2D eigenvalue weighted by Crippen LogP contribution is -2.23. The van der Waals surface area contributed by atoms with E-state index in [4.69, 9.17) is 9.84 Å². The van der Waals surface area contributed by atoms with Gasteiger partial charge in [-0.3, -0.25) is 25.0 Å². The Balaban J connectivity index is 1.94. The van der Waals surface area contributed by atoms with Crippen molar-refractivity contribution in [3.05, 3.63) is 69.9 Å². The van der Waals surface area contributed by atoms with Crippen LogP contribution in [0.2, 0.25) is 0 Å². The summed E-state index contributed by atoms with van der Waals surface area (Å²) < 4.78 is 7.20. The number of hydrogen-bond donors (Lipinski definition) is 3. The fourth-order valence-electron chi connectivity index (χ4n) is 3.72. The summed E-state index contributed by atoms with van der Waals surface area (Å²) in [5, 5.41) is 33.1. The minimum Gasteiger partial charge on any atom is -0.491 e. The quantitative estimate of drug-likeness (QED) is 0.288. The number of benzene rings is 2. The van der Waals surface area contributed by atoms with E-state index >= 15 is 0 Å². The first kappa shape index (κ1) is 21.2. The molecule has 2 aromatic carbocycles. The van der Waals surface area contributed by atoms with Gasteiger partial charge >= 0.3 is 0 Å². The first-order chi connectivity index (χ1) is 15.3. The van der Waals surface area contributed by atoms with Gasteiger partial charge in [0.2, 0.25) is 0 Å². The molecular formula is C22H19N3O7. The smallest absolute Gasteiger partial charge is 0.277 e. The van der Waals surface area contributed by atoms with Crippen LogP contribution in [-0.2, 0) is 16.6 Å². The summed E-state index contributed by atoms with van der Waals surface area (Å²) in [6.07, 6.45) is 0.553. The lowest BCUT2D eigenvalue weighted by Gasteiger charge is -2.12. The van der Waals surface area contributed by atoms with E-state index in [0.717, 1.165) is 5.52 Å². The van der Waals surface area contributed by atoms with Crippen molar-refractivity contribution in [2.24, 2.45) is 7.05 Å². The number of aliphatic hydroxyl groups excluding tert-OH is 2. The largest absolute Gasteiger partial charge is 0.491 e. The Bertz CT molecular complexity index is 1290. The van der Waals surface area contributed by atoms with Gasteiger partial charge in [0.1, 0.15) is 18.5 Å². The molecule has 0 unspecified atom stereocenters. The van der Waals surface area contributed by atoms with E-state index in [0.29, 0.717) is 10.9 Å². The van der Waals surface area contributed by atoms with Crippen LogP contribution in [0.1, 0.15) is 11.1 Å². The zero-order valence-corrected chi connectivity index (χ0v) is 16.9. The standard InChI is InChI=1S/C22H19N3O7/c1-24-9-16(14-4-2-3-5-17(14)24)20-19(21(28)23-22(20)29)15-8-13(32-11-12(27)10-26)6-7-18(15)25(30)31/h2-9,12,26-27H,10-11H2,1H3,(H,23,28,29)/t12-/m1/s1. The van der Waals surface area contributed by atoms with Crippen LogP contribution >= 0.6 is 0 Å². The number of aliphatic hydroxyl groups is 2. The molecule has 0 spiro atoms. The highest BCUT2D eigenvalue weighted by atomic mass is 16.6. The van der Waals surface area contributed by atoms with Crippen molar-refractivity contribution in [2.75, 3.05) is 13.2 Å². The number of rotatable bonds is 7. The fourth-order valence-corrected chi connectivity index (χ4v) is 3.72. The van der Waals surface area contributed by atoms with Crippen LogP contribution in [-0.4, -0.2) is 50.8 Å². The van der Waals surface area contributed by atoms with Crippen molar-refractivity contribution < 1.29 is 29.5 Å². The molecule has 2 amide bonds. The van der Waals surface area contributed by atoms with E-state index in [9.17, 15) is 24.8 Å². The van der Waals surface area contributed by atoms with Gasteiger partial charge in [-0.05, 0) is 18.2 Å². The van der Waals surface area contributed by atoms with Gasteiger partial charge in [-0.2, -0.15) is 0 Å². The number of para-hydroxylation sites is 1. The molecule has 0 fully saturated rings. The number of aromatic nitrogens is 1. The van der Waals surface area contributed by atoms with Gasteiger partial charge in [-0.25, -0.2) is 0 Å². The number of nitrogens with zero attached hydrogens (tertiary/aromatic N) is 2. The summed E-state index contributed by atoms with van der Waals surface area (Å²) in [5.74, 6) is -1.28. The van der Waals surface area contributed by atoms with Crippen LogP contribution in [0, 0.1) is 10.1 Å². The molecule has 3 aromatic rings. The van der Waals surface area contributed by atoms with Gasteiger partial charge < -0.3 is 19.5 Å². The highest BCUT2D eigenvalue weighted by Gasteiger charge is 2.37. The number of nitrogens with one attached hydrogen (secondary N) is 1. The zero-order valence-electron chi connectivity index (χ0n) is 16.9. The molecule has 164 valence electrons. The maximum absolute atomic E-state index is 12.8. The van der Waals surface area contributed by atoms with E-state index in [2.05, 4.69) is 5.32 Å². The molecule has 0 bridgehead atoms. The maximum Gasteiger partial charge on any atom is 0.277 e. The van der Waals surface area contributed by atoms with Crippen molar-refractivity contribution in [2.45, 2.75) is 6.10 Å². The summed E-state index contributed by atoms with van der Waals surface area (Å²) in [6.45, 7) is -0.777. The van der Waals surface area contributed by atoms with E-state index < -0.39 is 29.4 Å². The normalized spacial score (nSPS) is 14.7. The van der Waals surface area contributed by atoms with Crippen molar-refractivity contribution in [3.63, 3.8) is 0 Å². The third-order valence-electron chi connectivity index (χ3n) is 5.18. The Labute approximate surface area is 181 Å². The van der Waals surface area contributed by atoms with Gasteiger partial charge in [0.25, 0.3) is 17.5 Å². The summed E-state index contributed by atoms with van der Waals surface area (Å²) in [7, 11) is 1.80. The van der Waals surface area contributed by atoms with E-state index in [-0.39, 0.29) is 34.8 Å². The molecule has 1 atom stereocenters. The number of nitro benzene ring substituents is 1. The molecule has 0 aliphatic carbocycles. The van der Waals surface area contributed by atoms with E-state index in [1.807, 2.05) is 12.1 Å². The van der Waals surface area contributed by atoms with E-state index in [1.54, 1.807) is 29.9 Å². The van der Waals surface area contributed by atoms with Gasteiger partial charge in [0, 0.05) is 35.8 Å². The molecular weight excluding hydrogens is 418 g/mol. The van der Waals surface area contributed by atoms with Crippen LogP contribution < -0.4 is 10.1 Å². The number of fused-ring (bicyclic) bond motifs is 1. The highest BCUT2D eigenvalue weighted by Crippen LogP contribution is 2.39.